The highest BCUT2D eigenvalue weighted by molar-refractivity contribution is 6.30. The van der Waals surface area contributed by atoms with Gasteiger partial charge in [0.25, 0.3) is 0 Å². The first kappa shape index (κ1) is 12.3. The summed E-state index contributed by atoms with van der Waals surface area (Å²) in [6.07, 6.45) is 0. The average Bonchev–Trinajstić information content (AvgIpc) is 2.41. The number of methoxy groups -OCH3 is 1. The largest absolute Gasteiger partial charge is 0.497 e. The van der Waals surface area contributed by atoms with Crippen LogP contribution in [0.1, 0.15) is 5.56 Å². The Bertz CT molecular complexity index is 588. The van der Waals surface area contributed by atoms with Gasteiger partial charge in [-0.2, -0.15) is 5.26 Å². The molecule has 0 aliphatic carbocycles. The molecule has 0 bridgehead atoms. The number of ether oxygens (including phenoxy) is 2. The van der Waals surface area contributed by atoms with Gasteiger partial charge in [0.1, 0.15) is 23.3 Å². The Hall–Kier alpha value is -2.18. The van der Waals surface area contributed by atoms with E-state index in [4.69, 9.17) is 26.3 Å². The first-order valence-corrected chi connectivity index (χ1v) is 5.62. The van der Waals surface area contributed by atoms with Crippen LogP contribution in [0, 0.1) is 11.3 Å². The smallest absolute Gasteiger partial charge is 0.148 e. The molecule has 90 valence electrons. The predicted molar refractivity (Wildman–Crippen MR) is 69.2 cm³/mol. The molecule has 2 aromatic carbocycles. The highest BCUT2D eigenvalue weighted by Gasteiger charge is 2.06. The number of halogens is 1. The van der Waals surface area contributed by atoms with Crippen LogP contribution in [0.3, 0.4) is 0 Å². The fourth-order valence-corrected chi connectivity index (χ4v) is 1.56. The van der Waals surface area contributed by atoms with E-state index in [9.17, 15) is 0 Å². The minimum atomic E-state index is 0.450. The minimum Gasteiger partial charge on any atom is -0.497 e. The Morgan fingerprint density at radius 2 is 1.72 bits per heavy atom. The Labute approximate surface area is 110 Å². The molecule has 0 spiro atoms. The summed E-state index contributed by atoms with van der Waals surface area (Å²) in [5, 5.41) is 9.65. The molecule has 0 unspecified atom stereocenters. The van der Waals surface area contributed by atoms with Gasteiger partial charge in [0.15, 0.2) is 0 Å². The van der Waals surface area contributed by atoms with Crippen LogP contribution in [0.2, 0.25) is 5.02 Å². The van der Waals surface area contributed by atoms with E-state index in [1.165, 1.54) is 0 Å². The average molecular weight is 260 g/mol. The van der Waals surface area contributed by atoms with Gasteiger partial charge in [0, 0.05) is 11.1 Å². The Morgan fingerprint density at radius 3 is 2.33 bits per heavy atom. The van der Waals surface area contributed by atoms with Gasteiger partial charge >= 0.3 is 0 Å². The third-order valence-corrected chi connectivity index (χ3v) is 2.60. The number of rotatable bonds is 3. The molecule has 0 aliphatic heterocycles. The lowest BCUT2D eigenvalue weighted by Crippen LogP contribution is -1.90. The fourth-order valence-electron chi connectivity index (χ4n) is 1.44. The first-order chi connectivity index (χ1) is 8.72. The first-order valence-electron chi connectivity index (χ1n) is 5.24. The maximum Gasteiger partial charge on any atom is 0.148 e. The summed E-state index contributed by atoms with van der Waals surface area (Å²) in [5.74, 6) is 1.71. The molecule has 4 heteroatoms. The molecule has 0 aliphatic rings. The summed E-state index contributed by atoms with van der Waals surface area (Å²) in [4.78, 5) is 0. The van der Waals surface area contributed by atoms with Crippen LogP contribution >= 0.6 is 11.6 Å². The second-order valence-corrected chi connectivity index (χ2v) is 3.97. The Kier molecular flexibility index (Phi) is 3.71. The van der Waals surface area contributed by atoms with E-state index < -0.39 is 0 Å². The molecule has 0 atom stereocenters. The van der Waals surface area contributed by atoms with Crippen LogP contribution < -0.4 is 9.47 Å². The van der Waals surface area contributed by atoms with E-state index in [1.807, 2.05) is 0 Å². The van der Waals surface area contributed by atoms with E-state index >= 15 is 0 Å². The molecule has 2 rings (SSSR count). The van der Waals surface area contributed by atoms with E-state index in [2.05, 4.69) is 6.07 Å². The zero-order valence-corrected chi connectivity index (χ0v) is 10.4. The van der Waals surface area contributed by atoms with Crippen LogP contribution in [0.15, 0.2) is 42.5 Å². The maximum atomic E-state index is 9.01. The maximum absolute atomic E-state index is 9.01. The standard InChI is InChI=1S/C14H10ClNO2/c1-17-13-5-2-10(9-16)14(8-13)18-12-6-3-11(15)4-7-12/h2-8H,1H3. The molecule has 0 saturated carbocycles. The number of nitrogens with zero attached hydrogens (tertiary/aromatic N) is 1. The molecule has 0 saturated heterocycles. The summed E-state index contributed by atoms with van der Waals surface area (Å²) in [6, 6.07) is 14.0. The van der Waals surface area contributed by atoms with Crippen LogP contribution in [0.25, 0.3) is 0 Å². The van der Waals surface area contributed by atoms with Crippen molar-refractivity contribution in [3.63, 3.8) is 0 Å². The molecular formula is C14H10ClNO2. The molecule has 0 fully saturated rings. The number of nitriles is 1. The number of hydrogen-bond acceptors (Lipinski definition) is 3. The highest BCUT2D eigenvalue weighted by Crippen LogP contribution is 2.29. The van der Waals surface area contributed by atoms with Gasteiger partial charge in [-0.15, -0.1) is 0 Å². The second kappa shape index (κ2) is 5.44. The normalized spacial score (nSPS) is 9.61. The lowest BCUT2D eigenvalue weighted by atomic mass is 10.2. The van der Waals surface area contributed by atoms with Gasteiger partial charge in [-0.1, -0.05) is 11.6 Å². The van der Waals surface area contributed by atoms with E-state index in [-0.39, 0.29) is 0 Å². The van der Waals surface area contributed by atoms with Crippen LogP contribution in [0.4, 0.5) is 0 Å². The van der Waals surface area contributed by atoms with Gasteiger partial charge < -0.3 is 9.47 Å². The Balaban J connectivity index is 2.32. The summed E-state index contributed by atoms with van der Waals surface area (Å²) < 4.78 is 10.7. The third-order valence-electron chi connectivity index (χ3n) is 2.35. The molecule has 0 heterocycles. The highest BCUT2D eigenvalue weighted by atomic mass is 35.5. The van der Waals surface area contributed by atoms with Crippen LogP contribution in [-0.4, -0.2) is 7.11 Å². The van der Waals surface area contributed by atoms with Crippen molar-refractivity contribution in [2.75, 3.05) is 7.11 Å². The zero-order valence-electron chi connectivity index (χ0n) is 9.68. The minimum absolute atomic E-state index is 0.450. The second-order valence-electron chi connectivity index (χ2n) is 3.53. The number of hydrogen-bond donors (Lipinski definition) is 0. The van der Waals surface area contributed by atoms with Crippen molar-refractivity contribution in [1.29, 1.82) is 5.26 Å². The van der Waals surface area contributed by atoms with Crippen molar-refractivity contribution in [1.82, 2.24) is 0 Å². The summed E-state index contributed by atoms with van der Waals surface area (Å²) in [5.41, 5.74) is 0.450. The quantitative estimate of drug-likeness (QED) is 0.836. The van der Waals surface area contributed by atoms with E-state index in [0.717, 1.165) is 0 Å². The predicted octanol–water partition coefficient (Wildman–Crippen LogP) is 4.01. The molecule has 0 radical (unpaired) electrons. The lowest BCUT2D eigenvalue weighted by molar-refractivity contribution is 0.409. The summed E-state index contributed by atoms with van der Waals surface area (Å²) in [6.45, 7) is 0. The fraction of sp³-hybridized carbons (Fsp3) is 0.0714. The topological polar surface area (TPSA) is 42.2 Å². The SMILES string of the molecule is COc1ccc(C#N)c(Oc2ccc(Cl)cc2)c1. The van der Waals surface area contributed by atoms with Gasteiger partial charge in [-0.05, 0) is 36.4 Å². The molecule has 18 heavy (non-hydrogen) atoms. The van der Waals surface area contributed by atoms with Crippen molar-refractivity contribution in [2.24, 2.45) is 0 Å². The Morgan fingerprint density at radius 1 is 1.06 bits per heavy atom. The molecule has 0 amide bonds. The van der Waals surface area contributed by atoms with Crippen LogP contribution in [0.5, 0.6) is 17.2 Å². The summed E-state index contributed by atoms with van der Waals surface area (Å²) in [7, 11) is 1.56. The van der Waals surface area contributed by atoms with E-state index in [1.54, 1.807) is 49.6 Å². The van der Waals surface area contributed by atoms with Crippen LogP contribution in [-0.2, 0) is 0 Å². The van der Waals surface area contributed by atoms with Gasteiger partial charge in [0.2, 0.25) is 0 Å². The van der Waals surface area contributed by atoms with Crippen molar-refractivity contribution in [3.05, 3.63) is 53.1 Å². The van der Waals surface area contributed by atoms with Crippen molar-refractivity contribution in [3.8, 4) is 23.3 Å². The molecular weight excluding hydrogens is 250 g/mol. The zero-order chi connectivity index (χ0) is 13.0. The van der Waals surface area contributed by atoms with Gasteiger partial charge in [-0.25, -0.2) is 0 Å². The summed E-state index contributed by atoms with van der Waals surface area (Å²) >= 11 is 5.79. The van der Waals surface area contributed by atoms with Crippen molar-refractivity contribution < 1.29 is 9.47 Å². The molecule has 0 N–H and O–H groups in total. The van der Waals surface area contributed by atoms with E-state index in [0.29, 0.717) is 27.8 Å². The lowest BCUT2D eigenvalue weighted by Gasteiger charge is -2.09. The molecule has 0 aromatic heterocycles. The monoisotopic (exact) mass is 259 g/mol. The third kappa shape index (κ3) is 2.73. The molecule has 2 aromatic rings. The van der Waals surface area contributed by atoms with Crippen molar-refractivity contribution >= 4 is 11.6 Å². The van der Waals surface area contributed by atoms with Gasteiger partial charge in [0.05, 0.1) is 12.7 Å². The number of benzene rings is 2. The molecule has 3 nitrogen and oxygen atoms in total. The van der Waals surface area contributed by atoms with Crippen molar-refractivity contribution in [2.45, 2.75) is 0 Å². The van der Waals surface area contributed by atoms with Gasteiger partial charge in [-0.3, -0.25) is 0 Å².